The van der Waals surface area contributed by atoms with Crippen molar-refractivity contribution in [3.8, 4) is 17.2 Å². The summed E-state index contributed by atoms with van der Waals surface area (Å²) < 4.78 is 24.7. The lowest BCUT2D eigenvalue weighted by Gasteiger charge is -2.48. The van der Waals surface area contributed by atoms with Gasteiger partial charge < -0.3 is 39.0 Å². The second-order valence-corrected chi connectivity index (χ2v) is 15.0. The number of allylic oxidation sites excluding steroid dienone is 6. The Morgan fingerprint density at radius 2 is 1.93 bits per heavy atom. The van der Waals surface area contributed by atoms with Crippen molar-refractivity contribution < 1.29 is 48.4 Å². The van der Waals surface area contributed by atoms with E-state index in [9.17, 15) is 29.4 Å². The number of phenolic OH excluding ortho intramolecular Hbond substituents is 1. The standard InChI is InChI=1S/C41H44N4O10/c1-4-5-6-7-8-12-28(46)54-26-11-9-10-23-33(42-13-14-45-17-15-44(3)16-18-45)31-35(48)32-30-27(52-21-53-37(30)38(31)55-36(23)26)20-25-34(47)24-19-22(2)43-40(50)29(24)39(49)41(25,32)51/h4-9,11-12,19,23,25-27,36,48,51H,10,13-18,20-21H2,1-3H3,(H,43,50)/p+1/b5-4+,7-6+,12-8+,42-33?/t23-,25+,26+,27+,36-,41+/m0/s1. The van der Waals surface area contributed by atoms with Crippen molar-refractivity contribution in [3.63, 3.8) is 0 Å². The van der Waals surface area contributed by atoms with E-state index in [1.54, 1.807) is 31.2 Å². The second-order valence-electron chi connectivity index (χ2n) is 15.0. The van der Waals surface area contributed by atoms with Crippen LogP contribution >= 0.6 is 0 Å². The van der Waals surface area contributed by atoms with Crippen molar-refractivity contribution in [3.05, 3.63) is 98.5 Å². The number of carbonyl (C=O) groups is 3. The number of benzene rings is 1. The first-order valence-corrected chi connectivity index (χ1v) is 18.8. The van der Waals surface area contributed by atoms with Crippen LogP contribution in [0.1, 0.15) is 69.0 Å². The monoisotopic (exact) mass is 753 g/mol. The number of fused-ring (bicyclic) bond motifs is 6. The van der Waals surface area contributed by atoms with Crippen molar-refractivity contribution >= 4 is 23.2 Å². The number of piperazine rings is 1. The number of aryl methyl sites for hydroxylation is 1. The van der Waals surface area contributed by atoms with Gasteiger partial charge in [0.05, 0.1) is 55.0 Å². The van der Waals surface area contributed by atoms with Gasteiger partial charge in [-0.15, -0.1) is 0 Å². The molecule has 14 heteroatoms. The van der Waals surface area contributed by atoms with Gasteiger partial charge in [-0.25, -0.2) is 4.79 Å². The lowest BCUT2D eigenvalue weighted by Crippen LogP contribution is -3.15. The van der Waals surface area contributed by atoms with E-state index in [2.05, 4.69) is 16.9 Å². The number of aromatic amines is 1. The number of pyridine rings is 1. The zero-order valence-corrected chi connectivity index (χ0v) is 31.0. The molecule has 4 N–H and O–H groups in total. The Labute approximate surface area is 317 Å². The Balaban J connectivity index is 1.26. The van der Waals surface area contributed by atoms with Crippen LogP contribution in [0.3, 0.4) is 0 Å². The summed E-state index contributed by atoms with van der Waals surface area (Å²) in [5, 5.41) is 25.2. The lowest BCUT2D eigenvalue weighted by molar-refractivity contribution is -0.902. The van der Waals surface area contributed by atoms with E-state index >= 15 is 0 Å². The van der Waals surface area contributed by atoms with Crippen LogP contribution in [0.5, 0.6) is 17.2 Å². The second kappa shape index (κ2) is 14.5. The molecule has 1 aromatic carbocycles. The summed E-state index contributed by atoms with van der Waals surface area (Å²) in [4.78, 5) is 66.2. The highest BCUT2D eigenvalue weighted by atomic mass is 16.7. The van der Waals surface area contributed by atoms with Crippen molar-refractivity contribution in [2.24, 2.45) is 16.8 Å². The fourth-order valence-corrected chi connectivity index (χ4v) is 8.89. The lowest BCUT2D eigenvalue weighted by atomic mass is 9.60. The van der Waals surface area contributed by atoms with Gasteiger partial charge in [0, 0.05) is 47.5 Å². The Bertz CT molecular complexity index is 2160. The fourth-order valence-electron chi connectivity index (χ4n) is 8.89. The number of aromatic hydroxyl groups is 1. The van der Waals surface area contributed by atoms with Gasteiger partial charge in [0.25, 0.3) is 5.56 Å². The highest BCUT2D eigenvalue weighted by Crippen LogP contribution is 2.62. The number of Topliss-reactive ketones (excluding diaryl/α,β-unsaturated/α-hetero) is 2. The normalized spacial score (nSPS) is 29.5. The fraction of sp³-hybridized carbons (Fsp3) is 0.439. The topological polar surface area (TPSA) is 181 Å². The molecular formula is C41H45N4O10+. The van der Waals surface area contributed by atoms with Crippen LogP contribution in [0.25, 0.3) is 0 Å². The number of phenols is 1. The van der Waals surface area contributed by atoms with Crippen LogP contribution < -0.4 is 19.9 Å². The van der Waals surface area contributed by atoms with Crippen molar-refractivity contribution in [1.82, 2.24) is 9.88 Å². The SMILES string of the molecule is C/C=C/C=C/C=C/C(=O)O[C@@H]1C=CC[C@H]2C(=NCC[NH+]3CCN(C)CC3)c3c(O)c4c5c(c3O[C@H]12)OCO[C@@H]5C[C@@H]1C(=O)c2cc(C)[nH]c(=O)c2C(=O)[C@]41O. The Hall–Kier alpha value is -5.15. The molecule has 288 valence electrons. The van der Waals surface area contributed by atoms with E-state index in [1.807, 2.05) is 25.2 Å². The number of H-pyrrole nitrogens is 1. The van der Waals surface area contributed by atoms with Gasteiger partial charge in [-0.1, -0.05) is 36.5 Å². The van der Waals surface area contributed by atoms with Gasteiger partial charge in [0.2, 0.25) is 5.78 Å². The molecule has 3 aliphatic heterocycles. The number of nitrogens with zero attached hydrogens (tertiary/aromatic N) is 2. The highest BCUT2D eigenvalue weighted by molar-refractivity contribution is 6.20. The molecule has 55 heavy (non-hydrogen) atoms. The number of quaternary nitrogens is 1. The molecule has 6 atom stereocenters. The number of aliphatic hydroxyl groups is 1. The van der Waals surface area contributed by atoms with Crippen molar-refractivity contribution in [2.75, 3.05) is 53.1 Å². The molecule has 14 nitrogen and oxygen atoms in total. The van der Waals surface area contributed by atoms with Gasteiger partial charge in [-0.05, 0) is 45.9 Å². The van der Waals surface area contributed by atoms with E-state index in [-0.39, 0.29) is 47.0 Å². The van der Waals surface area contributed by atoms with Gasteiger partial charge in [-0.2, -0.15) is 0 Å². The number of hydrogen-bond donors (Lipinski definition) is 4. The van der Waals surface area contributed by atoms with E-state index in [0.29, 0.717) is 30.9 Å². The van der Waals surface area contributed by atoms with E-state index < -0.39 is 70.2 Å². The average molecular weight is 754 g/mol. The summed E-state index contributed by atoms with van der Waals surface area (Å²) in [7, 11) is 2.10. The predicted molar refractivity (Wildman–Crippen MR) is 199 cm³/mol. The molecule has 0 bridgehead atoms. The highest BCUT2D eigenvalue weighted by Gasteiger charge is 2.63. The number of ether oxygens (including phenoxy) is 4. The van der Waals surface area contributed by atoms with E-state index in [1.165, 1.54) is 17.0 Å². The van der Waals surface area contributed by atoms with Gasteiger partial charge >= 0.3 is 5.97 Å². The third-order valence-electron chi connectivity index (χ3n) is 11.6. The van der Waals surface area contributed by atoms with Crippen LogP contribution in [-0.2, 0) is 19.9 Å². The molecule has 1 saturated heterocycles. The van der Waals surface area contributed by atoms with Crippen molar-refractivity contribution in [2.45, 2.75) is 50.6 Å². The molecule has 0 radical (unpaired) electrons. The number of hydrogen-bond acceptors (Lipinski definition) is 12. The van der Waals surface area contributed by atoms with E-state index in [4.69, 9.17) is 23.9 Å². The smallest absolute Gasteiger partial charge is 0.331 e. The quantitative estimate of drug-likeness (QED) is 0.140. The zero-order valence-electron chi connectivity index (χ0n) is 31.0. The van der Waals surface area contributed by atoms with Crippen LogP contribution in [0.15, 0.2) is 64.5 Å². The van der Waals surface area contributed by atoms with Gasteiger partial charge in [0.15, 0.2) is 35.8 Å². The first-order valence-electron chi connectivity index (χ1n) is 18.8. The number of nitrogens with one attached hydrogen (secondary N) is 2. The summed E-state index contributed by atoms with van der Waals surface area (Å²) >= 11 is 0. The summed E-state index contributed by atoms with van der Waals surface area (Å²) in [6.07, 6.45) is 11.6. The van der Waals surface area contributed by atoms with Gasteiger partial charge in [0.1, 0.15) is 11.9 Å². The Kier molecular flexibility index (Phi) is 9.70. The van der Waals surface area contributed by atoms with E-state index in [0.717, 1.165) is 26.2 Å². The Morgan fingerprint density at radius 1 is 1.15 bits per heavy atom. The molecule has 4 heterocycles. The number of esters is 1. The molecule has 1 aromatic heterocycles. The number of likely N-dealkylation sites (N-methyl/N-ethyl adjacent to an activating group) is 1. The third kappa shape index (κ3) is 6.17. The average Bonchev–Trinajstić information content (AvgIpc) is 3.16. The zero-order chi connectivity index (χ0) is 38.6. The molecule has 3 aliphatic carbocycles. The van der Waals surface area contributed by atoms with Crippen LogP contribution in [-0.4, -0.2) is 109 Å². The minimum Gasteiger partial charge on any atom is -0.507 e. The molecule has 0 unspecified atom stereocenters. The van der Waals surface area contributed by atoms with Crippen LogP contribution in [0, 0.1) is 18.8 Å². The summed E-state index contributed by atoms with van der Waals surface area (Å²) in [5.41, 5.74) is -3.12. The first kappa shape index (κ1) is 36.8. The maximum atomic E-state index is 14.5. The number of carbonyl (C=O) groups excluding carboxylic acids is 3. The summed E-state index contributed by atoms with van der Waals surface area (Å²) in [6.45, 7) is 8.18. The minimum atomic E-state index is -2.62. The maximum absolute atomic E-state index is 14.5. The third-order valence-corrected chi connectivity index (χ3v) is 11.6. The number of aromatic nitrogens is 1. The van der Waals surface area contributed by atoms with Crippen molar-refractivity contribution in [1.29, 1.82) is 0 Å². The summed E-state index contributed by atoms with van der Waals surface area (Å²) in [6, 6.07) is 1.44. The van der Waals surface area contributed by atoms with Crippen LogP contribution in [0.2, 0.25) is 0 Å². The minimum absolute atomic E-state index is 0.0767. The first-order chi connectivity index (χ1) is 26.5. The Morgan fingerprint density at radius 3 is 2.71 bits per heavy atom. The predicted octanol–water partition coefficient (Wildman–Crippen LogP) is 1.64. The van der Waals surface area contributed by atoms with Crippen LogP contribution in [0.4, 0.5) is 0 Å². The number of rotatable bonds is 7. The molecule has 0 saturated carbocycles. The number of ketones is 2. The molecule has 1 fully saturated rings. The molecule has 2 aromatic rings. The maximum Gasteiger partial charge on any atom is 0.331 e. The molecular weight excluding hydrogens is 708 g/mol. The molecule has 0 spiro atoms. The number of aliphatic imine (C=N–C) groups is 1. The molecule has 6 aliphatic rings. The molecule has 8 rings (SSSR count). The molecule has 0 amide bonds. The largest absolute Gasteiger partial charge is 0.507 e. The summed E-state index contributed by atoms with van der Waals surface area (Å²) in [5.74, 6) is -4.32. The van der Waals surface area contributed by atoms with Gasteiger partial charge in [-0.3, -0.25) is 24.3 Å².